The van der Waals surface area contributed by atoms with Gasteiger partial charge in [0, 0.05) is 19.3 Å². The molecule has 0 saturated carbocycles. The van der Waals surface area contributed by atoms with Crippen LogP contribution in [0.15, 0.2) is 18.3 Å². The molecule has 1 unspecified atom stereocenters. The van der Waals surface area contributed by atoms with Crippen molar-refractivity contribution in [2.45, 2.75) is 26.3 Å². The van der Waals surface area contributed by atoms with Crippen LogP contribution in [-0.4, -0.2) is 29.6 Å². The van der Waals surface area contributed by atoms with E-state index in [-0.39, 0.29) is 0 Å². The highest BCUT2D eigenvalue weighted by Crippen LogP contribution is 2.19. The lowest BCUT2D eigenvalue weighted by molar-refractivity contribution is 0.661. The van der Waals surface area contributed by atoms with E-state index in [1.165, 1.54) is 0 Å². The maximum absolute atomic E-state index is 9.04. The Morgan fingerprint density at radius 1 is 1.59 bits per heavy atom. The second kappa shape index (κ2) is 7.18. The van der Waals surface area contributed by atoms with Crippen molar-refractivity contribution < 1.29 is 0 Å². The van der Waals surface area contributed by atoms with Gasteiger partial charge < -0.3 is 4.90 Å². The van der Waals surface area contributed by atoms with Gasteiger partial charge in [-0.25, -0.2) is 4.98 Å². The smallest absolute Gasteiger partial charge is 0.146 e. The molecule has 4 heteroatoms. The SMILES string of the molecule is CCSCCC(C)N(C)c1ncccc1C#N. The molecule has 0 saturated heterocycles. The second-order valence-corrected chi connectivity index (χ2v) is 5.33. The first kappa shape index (κ1) is 13.9. The number of aromatic nitrogens is 1. The average molecular weight is 249 g/mol. The van der Waals surface area contributed by atoms with E-state index in [1.807, 2.05) is 24.9 Å². The van der Waals surface area contributed by atoms with Gasteiger partial charge in [0.15, 0.2) is 0 Å². The van der Waals surface area contributed by atoms with Crippen LogP contribution in [0, 0.1) is 11.3 Å². The van der Waals surface area contributed by atoms with Crippen LogP contribution in [0.25, 0.3) is 0 Å². The van der Waals surface area contributed by atoms with Crippen molar-refractivity contribution in [2.75, 3.05) is 23.5 Å². The zero-order chi connectivity index (χ0) is 12.7. The molecule has 0 amide bonds. The van der Waals surface area contributed by atoms with Gasteiger partial charge in [-0.2, -0.15) is 17.0 Å². The van der Waals surface area contributed by atoms with Crippen molar-refractivity contribution in [1.82, 2.24) is 4.98 Å². The third kappa shape index (κ3) is 3.94. The first-order valence-electron chi connectivity index (χ1n) is 5.86. The van der Waals surface area contributed by atoms with Gasteiger partial charge in [0.25, 0.3) is 0 Å². The third-order valence-electron chi connectivity index (χ3n) is 2.79. The van der Waals surface area contributed by atoms with E-state index < -0.39 is 0 Å². The molecule has 0 spiro atoms. The van der Waals surface area contributed by atoms with Crippen LogP contribution >= 0.6 is 11.8 Å². The Balaban J connectivity index is 2.68. The van der Waals surface area contributed by atoms with Crippen molar-refractivity contribution in [2.24, 2.45) is 0 Å². The summed E-state index contributed by atoms with van der Waals surface area (Å²) in [6.45, 7) is 4.34. The van der Waals surface area contributed by atoms with Crippen molar-refractivity contribution >= 4 is 17.6 Å². The van der Waals surface area contributed by atoms with Crippen molar-refractivity contribution in [3.8, 4) is 6.07 Å². The maximum atomic E-state index is 9.04. The summed E-state index contributed by atoms with van der Waals surface area (Å²) >= 11 is 1.95. The molecular weight excluding hydrogens is 230 g/mol. The Hall–Kier alpha value is -1.21. The molecule has 0 aliphatic heterocycles. The largest absolute Gasteiger partial charge is 0.356 e. The van der Waals surface area contributed by atoms with Gasteiger partial charge in [-0.1, -0.05) is 6.92 Å². The fourth-order valence-corrected chi connectivity index (χ4v) is 2.36. The summed E-state index contributed by atoms with van der Waals surface area (Å²) in [5, 5.41) is 9.04. The van der Waals surface area contributed by atoms with Crippen LogP contribution in [0.1, 0.15) is 25.8 Å². The van der Waals surface area contributed by atoms with Crippen LogP contribution in [0.2, 0.25) is 0 Å². The van der Waals surface area contributed by atoms with Gasteiger partial charge >= 0.3 is 0 Å². The molecule has 1 aromatic rings. The minimum atomic E-state index is 0.399. The highest BCUT2D eigenvalue weighted by Gasteiger charge is 2.14. The second-order valence-electron chi connectivity index (χ2n) is 3.93. The number of thioether (sulfide) groups is 1. The van der Waals surface area contributed by atoms with Crippen molar-refractivity contribution in [1.29, 1.82) is 5.26 Å². The third-order valence-corrected chi connectivity index (χ3v) is 3.72. The molecule has 0 fully saturated rings. The zero-order valence-corrected chi connectivity index (χ0v) is 11.5. The lowest BCUT2D eigenvalue weighted by atomic mass is 10.2. The van der Waals surface area contributed by atoms with Crippen molar-refractivity contribution in [3.05, 3.63) is 23.9 Å². The maximum Gasteiger partial charge on any atom is 0.146 e. The molecular formula is C13H19N3S. The molecule has 3 nitrogen and oxygen atoms in total. The predicted molar refractivity (Wildman–Crippen MR) is 74.4 cm³/mol. The zero-order valence-electron chi connectivity index (χ0n) is 10.7. The first-order valence-corrected chi connectivity index (χ1v) is 7.01. The summed E-state index contributed by atoms with van der Waals surface area (Å²) < 4.78 is 0. The van der Waals surface area contributed by atoms with Crippen LogP contribution in [0.5, 0.6) is 0 Å². The van der Waals surface area contributed by atoms with Gasteiger partial charge in [-0.3, -0.25) is 0 Å². The molecule has 1 atom stereocenters. The number of hydrogen-bond acceptors (Lipinski definition) is 4. The van der Waals surface area contributed by atoms with Crippen LogP contribution in [-0.2, 0) is 0 Å². The molecule has 1 aromatic heterocycles. The van der Waals surface area contributed by atoms with Crippen LogP contribution in [0.4, 0.5) is 5.82 Å². The molecule has 0 radical (unpaired) electrons. The van der Waals surface area contributed by atoms with E-state index in [0.29, 0.717) is 11.6 Å². The number of anilines is 1. The van der Waals surface area contributed by atoms with Gasteiger partial charge in [0.1, 0.15) is 11.9 Å². The summed E-state index contributed by atoms with van der Waals surface area (Å²) in [6, 6.07) is 6.20. The highest BCUT2D eigenvalue weighted by molar-refractivity contribution is 7.99. The summed E-state index contributed by atoms with van der Waals surface area (Å²) in [6.07, 6.45) is 2.84. The van der Waals surface area contributed by atoms with Gasteiger partial charge in [-0.05, 0) is 37.0 Å². The molecule has 1 rings (SSSR count). The number of nitrogens with zero attached hydrogens (tertiary/aromatic N) is 3. The number of hydrogen-bond donors (Lipinski definition) is 0. The topological polar surface area (TPSA) is 39.9 Å². The van der Waals surface area contributed by atoms with Gasteiger partial charge in [-0.15, -0.1) is 0 Å². The summed E-state index contributed by atoms with van der Waals surface area (Å²) in [7, 11) is 2.00. The Morgan fingerprint density at radius 3 is 3.00 bits per heavy atom. The van der Waals surface area contributed by atoms with Crippen LogP contribution < -0.4 is 4.90 Å². The van der Waals surface area contributed by atoms with E-state index in [9.17, 15) is 0 Å². The fourth-order valence-electron chi connectivity index (χ4n) is 1.57. The monoisotopic (exact) mass is 249 g/mol. The number of pyridine rings is 1. The lowest BCUT2D eigenvalue weighted by Gasteiger charge is -2.26. The van der Waals surface area contributed by atoms with E-state index in [1.54, 1.807) is 12.3 Å². The molecule has 1 heterocycles. The number of rotatable bonds is 6. The Morgan fingerprint density at radius 2 is 2.35 bits per heavy atom. The van der Waals surface area contributed by atoms with E-state index in [0.717, 1.165) is 23.7 Å². The van der Waals surface area contributed by atoms with Gasteiger partial charge in [0.2, 0.25) is 0 Å². The molecule has 0 aromatic carbocycles. The number of nitriles is 1. The quantitative estimate of drug-likeness (QED) is 0.727. The Bertz CT molecular complexity index is 386. The predicted octanol–water partition coefficient (Wildman–Crippen LogP) is 2.92. The van der Waals surface area contributed by atoms with E-state index in [4.69, 9.17) is 5.26 Å². The Kier molecular flexibility index (Phi) is 5.85. The summed E-state index contributed by atoms with van der Waals surface area (Å²) in [5.74, 6) is 3.09. The van der Waals surface area contributed by atoms with E-state index in [2.05, 4.69) is 29.8 Å². The van der Waals surface area contributed by atoms with Gasteiger partial charge in [0.05, 0.1) is 5.56 Å². The average Bonchev–Trinajstić information content (AvgIpc) is 2.38. The molecule has 0 aliphatic carbocycles. The van der Waals surface area contributed by atoms with Crippen LogP contribution in [0.3, 0.4) is 0 Å². The fraction of sp³-hybridized carbons (Fsp3) is 0.538. The normalized spacial score (nSPS) is 11.9. The molecule has 92 valence electrons. The molecule has 0 bridgehead atoms. The highest BCUT2D eigenvalue weighted by atomic mass is 32.2. The molecule has 17 heavy (non-hydrogen) atoms. The summed E-state index contributed by atoms with van der Waals surface area (Å²) in [5.41, 5.74) is 0.644. The standard InChI is InChI=1S/C13H19N3S/c1-4-17-9-7-11(2)16(3)13-12(10-14)6-5-8-15-13/h5-6,8,11H,4,7,9H2,1-3H3. The van der Waals surface area contributed by atoms with E-state index >= 15 is 0 Å². The van der Waals surface area contributed by atoms with Crippen molar-refractivity contribution in [3.63, 3.8) is 0 Å². The lowest BCUT2D eigenvalue weighted by Crippen LogP contribution is -2.30. The summed E-state index contributed by atoms with van der Waals surface area (Å²) in [4.78, 5) is 6.39. The molecule has 0 N–H and O–H groups in total. The molecule has 0 aliphatic rings. The minimum absolute atomic E-state index is 0.399. The first-order chi connectivity index (χ1) is 8.20. The Labute approximate surface area is 108 Å². The minimum Gasteiger partial charge on any atom is -0.356 e.